The number of aryl methyl sites for hydroxylation is 1. The molecule has 1 aromatic carbocycles. The monoisotopic (exact) mass is 258 g/mol. The molecule has 1 N–H and O–H groups in total. The minimum atomic E-state index is 0.425. The SMILES string of the molecule is Cn1cnnc1-c1ccc(NC2CCCOC2)cc1. The molecule has 19 heavy (non-hydrogen) atoms. The zero-order valence-electron chi connectivity index (χ0n) is 11.0. The third kappa shape index (κ3) is 2.76. The van der Waals surface area contributed by atoms with Gasteiger partial charge in [-0.25, -0.2) is 0 Å². The van der Waals surface area contributed by atoms with E-state index in [-0.39, 0.29) is 0 Å². The summed E-state index contributed by atoms with van der Waals surface area (Å²) in [5.41, 5.74) is 2.20. The standard InChI is InChI=1S/C14H18N4O/c1-18-10-15-17-14(18)11-4-6-12(7-5-11)16-13-3-2-8-19-9-13/h4-7,10,13,16H,2-3,8-9H2,1H3. The Bertz CT molecular complexity index is 529. The van der Waals surface area contributed by atoms with Crippen LogP contribution in [0.2, 0.25) is 0 Å². The van der Waals surface area contributed by atoms with E-state index in [4.69, 9.17) is 4.74 Å². The third-order valence-corrected chi connectivity index (χ3v) is 3.39. The summed E-state index contributed by atoms with van der Waals surface area (Å²) in [6.45, 7) is 1.69. The largest absolute Gasteiger partial charge is 0.380 e. The Morgan fingerprint density at radius 1 is 1.32 bits per heavy atom. The summed E-state index contributed by atoms with van der Waals surface area (Å²) in [5.74, 6) is 0.882. The molecule has 0 amide bonds. The molecule has 0 radical (unpaired) electrons. The molecule has 1 fully saturated rings. The lowest BCUT2D eigenvalue weighted by molar-refractivity contribution is 0.0876. The average molecular weight is 258 g/mol. The molecule has 1 aliphatic rings. The van der Waals surface area contributed by atoms with E-state index in [0.29, 0.717) is 6.04 Å². The van der Waals surface area contributed by atoms with E-state index in [1.165, 1.54) is 6.42 Å². The van der Waals surface area contributed by atoms with Crippen LogP contribution in [0.15, 0.2) is 30.6 Å². The number of hydrogen-bond donors (Lipinski definition) is 1. The first-order valence-electron chi connectivity index (χ1n) is 6.61. The van der Waals surface area contributed by atoms with Crippen LogP contribution in [0.3, 0.4) is 0 Å². The van der Waals surface area contributed by atoms with E-state index in [0.717, 1.165) is 36.7 Å². The predicted molar refractivity (Wildman–Crippen MR) is 73.9 cm³/mol. The first-order valence-corrected chi connectivity index (χ1v) is 6.61. The first-order chi connectivity index (χ1) is 9.33. The number of anilines is 1. The van der Waals surface area contributed by atoms with Crippen molar-refractivity contribution in [3.8, 4) is 11.4 Å². The molecular formula is C14H18N4O. The fraction of sp³-hybridized carbons (Fsp3) is 0.429. The van der Waals surface area contributed by atoms with Crippen molar-refractivity contribution < 1.29 is 4.74 Å². The van der Waals surface area contributed by atoms with E-state index < -0.39 is 0 Å². The molecule has 1 unspecified atom stereocenters. The Kier molecular flexibility index (Phi) is 3.46. The fourth-order valence-corrected chi connectivity index (χ4v) is 2.35. The normalized spacial score (nSPS) is 19.3. The summed E-state index contributed by atoms with van der Waals surface area (Å²) in [6.07, 6.45) is 4.01. The van der Waals surface area contributed by atoms with Crippen LogP contribution in [-0.4, -0.2) is 34.0 Å². The molecule has 1 saturated heterocycles. The van der Waals surface area contributed by atoms with Crippen LogP contribution in [0.4, 0.5) is 5.69 Å². The zero-order chi connectivity index (χ0) is 13.1. The quantitative estimate of drug-likeness (QED) is 0.915. The van der Waals surface area contributed by atoms with E-state index in [2.05, 4.69) is 39.8 Å². The van der Waals surface area contributed by atoms with Gasteiger partial charge in [-0.05, 0) is 37.1 Å². The van der Waals surface area contributed by atoms with Gasteiger partial charge in [0.05, 0.1) is 6.61 Å². The lowest BCUT2D eigenvalue weighted by Crippen LogP contribution is -2.29. The van der Waals surface area contributed by atoms with Crippen molar-refractivity contribution in [2.24, 2.45) is 7.05 Å². The van der Waals surface area contributed by atoms with Crippen molar-refractivity contribution in [2.75, 3.05) is 18.5 Å². The van der Waals surface area contributed by atoms with Crippen LogP contribution < -0.4 is 5.32 Å². The van der Waals surface area contributed by atoms with Crippen LogP contribution >= 0.6 is 0 Å². The number of benzene rings is 1. The average Bonchev–Trinajstić information content (AvgIpc) is 2.87. The van der Waals surface area contributed by atoms with Gasteiger partial charge < -0.3 is 14.6 Å². The second-order valence-electron chi connectivity index (χ2n) is 4.90. The van der Waals surface area contributed by atoms with E-state index in [9.17, 15) is 0 Å². The van der Waals surface area contributed by atoms with Gasteiger partial charge in [0.1, 0.15) is 6.33 Å². The number of hydrogen-bond acceptors (Lipinski definition) is 4. The molecule has 5 heteroatoms. The number of aromatic nitrogens is 3. The van der Waals surface area contributed by atoms with Crippen LogP contribution in [0, 0.1) is 0 Å². The molecule has 1 aliphatic heterocycles. The number of nitrogens with one attached hydrogen (secondary N) is 1. The van der Waals surface area contributed by atoms with Crippen LogP contribution in [0.5, 0.6) is 0 Å². The minimum Gasteiger partial charge on any atom is -0.380 e. The summed E-state index contributed by atoms with van der Waals surface area (Å²) >= 11 is 0. The minimum absolute atomic E-state index is 0.425. The molecule has 5 nitrogen and oxygen atoms in total. The highest BCUT2D eigenvalue weighted by molar-refractivity contribution is 5.59. The topological polar surface area (TPSA) is 52.0 Å². The van der Waals surface area contributed by atoms with E-state index in [1.807, 2.05) is 11.6 Å². The molecule has 0 spiro atoms. The van der Waals surface area contributed by atoms with Gasteiger partial charge in [-0.1, -0.05) is 0 Å². The Balaban J connectivity index is 1.70. The van der Waals surface area contributed by atoms with Crippen molar-refractivity contribution in [2.45, 2.75) is 18.9 Å². The van der Waals surface area contributed by atoms with Gasteiger partial charge in [0, 0.05) is 30.9 Å². The van der Waals surface area contributed by atoms with Crippen LogP contribution in [0.1, 0.15) is 12.8 Å². The number of nitrogens with zero attached hydrogens (tertiary/aromatic N) is 3. The molecular weight excluding hydrogens is 240 g/mol. The molecule has 100 valence electrons. The molecule has 0 saturated carbocycles. The van der Waals surface area contributed by atoms with E-state index >= 15 is 0 Å². The van der Waals surface area contributed by atoms with Crippen LogP contribution in [-0.2, 0) is 11.8 Å². The van der Waals surface area contributed by atoms with Crippen molar-refractivity contribution in [1.82, 2.24) is 14.8 Å². The summed E-state index contributed by atoms with van der Waals surface area (Å²) in [7, 11) is 1.95. The van der Waals surface area contributed by atoms with Gasteiger partial charge in [-0.2, -0.15) is 0 Å². The number of ether oxygens (including phenoxy) is 1. The van der Waals surface area contributed by atoms with Gasteiger partial charge in [0.2, 0.25) is 0 Å². The highest BCUT2D eigenvalue weighted by atomic mass is 16.5. The lowest BCUT2D eigenvalue weighted by atomic mass is 10.1. The zero-order valence-corrected chi connectivity index (χ0v) is 11.0. The lowest BCUT2D eigenvalue weighted by Gasteiger charge is -2.24. The molecule has 2 aromatic rings. The summed E-state index contributed by atoms with van der Waals surface area (Å²) in [5, 5.41) is 11.5. The number of rotatable bonds is 3. The smallest absolute Gasteiger partial charge is 0.163 e. The van der Waals surface area contributed by atoms with Gasteiger partial charge in [0.25, 0.3) is 0 Å². The van der Waals surface area contributed by atoms with Gasteiger partial charge in [-0.3, -0.25) is 0 Å². The molecule has 1 aromatic heterocycles. The molecule has 2 heterocycles. The van der Waals surface area contributed by atoms with Gasteiger partial charge in [0.15, 0.2) is 5.82 Å². The van der Waals surface area contributed by atoms with Gasteiger partial charge in [-0.15, -0.1) is 10.2 Å². The maximum Gasteiger partial charge on any atom is 0.163 e. The third-order valence-electron chi connectivity index (χ3n) is 3.39. The van der Waals surface area contributed by atoms with Crippen molar-refractivity contribution >= 4 is 5.69 Å². The van der Waals surface area contributed by atoms with Crippen molar-refractivity contribution in [1.29, 1.82) is 0 Å². The fourth-order valence-electron chi connectivity index (χ4n) is 2.35. The maximum atomic E-state index is 5.47. The summed E-state index contributed by atoms with van der Waals surface area (Å²) < 4.78 is 7.38. The molecule has 0 bridgehead atoms. The second-order valence-corrected chi connectivity index (χ2v) is 4.90. The molecule has 3 rings (SSSR count). The predicted octanol–water partition coefficient (Wildman–Crippen LogP) is 2.07. The Labute approximate surface area is 112 Å². The van der Waals surface area contributed by atoms with Crippen molar-refractivity contribution in [3.05, 3.63) is 30.6 Å². The highest BCUT2D eigenvalue weighted by Crippen LogP contribution is 2.20. The Morgan fingerprint density at radius 2 is 2.16 bits per heavy atom. The summed E-state index contributed by atoms with van der Waals surface area (Å²) in [6, 6.07) is 8.72. The first kappa shape index (κ1) is 12.2. The molecule has 1 atom stereocenters. The Hall–Kier alpha value is -1.88. The Morgan fingerprint density at radius 3 is 2.79 bits per heavy atom. The van der Waals surface area contributed by atoms with Crippen molar-refractivity contribution in [3.63, 3.8) is 0 Å². The van der Waals surface area contributed by atoms with Gasteiger partial charge >= 0.3 is 0 Å². The molecule has 0 aliphatic carbocycles. The second kappa shape index (κ2) is 5.40. The maximum absolute atomic E-state index is 5.47. The van der Waals surface area contributed by atoms with Crippen LogP contribution in [0.25, 0.3) is 11.4 Å². The highest BCUT2D eigenvalue weighted by Gasteiger charge is 2.13. The van der Waals surface area contributed by atoms with E-state index in [1.54, 1.807) is 6.33 Å². The summed E-state index contributed by atoms with van der Waals surface area (Å²) in [4.78, 5) is 0.